The highest BCUT2D eigenvalue weighted by atomic mass is 35.5. The number of benzene rings is 2. The number of alkyl carbamates (subject to hydrolysis) is 2. The molecule has 0 aliphatic carbocycles. The van der Waals surface area contributed by atoms with Crippen LogP contribution in [0.3, 0.4) is 0 Å². The highest BCUT2D eigenvalue weighted by Crippen LogP contribution is 2.28. The molecule has 3 amide bonds. The van der Waals surface area contributed by atoms with Crippen molar-refractivity contribution in [3.05, 3.63) is 93.7 Å². The molecule has 0 atom stereocenters. The summed E-state index contributed by atoms with van der Waals surface area (Å²) in [5, 5.41) is 8.07. The lowest BCUT2D eigenvalue weighted by molar-refractivity contribution is 0.0518. The van der Waals surface area contributed by atoms with Gasteiger partial charge in [-0.05, 0) is 136 Å². The van der Waals surface area contributed by atoms with Gasteiger partial charge >= 0.3 is 12.2 Å². The summed E-state index contributed by atoms with van der Waals surface area (Å²) in [4.78, 5) is 64.3. The van der Waals surface area contributed by atoms with Gasteiger partial charge in [0.25, 0.3) is 11.1 Å². The Labute approximate surface area is 357 Å². The molecule has 4 aromatic rings. The van der Waals surface area contributed by atoms with Gasteiger partial charge in [-0.15, -0.1) is 0 Å². The third-order valence-corrected chi connectivity index (χ3v) is 8.30. The number of carbonyl (C=O) groups is 4. The Balaban J connectivity index is 0.000000217. The normalized spacial score (nSPS) is 12.4. The van der Waals surface area contributed by atoms with E-state index in [0.717, 1.165) is 35.5 Å². The van der Waals surface area contributed by atoms with Crippen LogP contribution >= 0.6 is 34.8 Å². The first-order valence-corrected chi connectivity index (χ1v) is 19.7. The van der Waals surface area contributed by atoms with Crippen molar-refractivity contribution in [1.29, 1.82) is 0 Å². The molecule has 316 valence electrons. The first kappa shape index (κ1) is 46.2. The van der Waals surface area contributed by atoms with Crippen molar-refractivity contribution in [3.8, 4) is 11.5 Å². The second kappa shape index (κ2) is 21.5. The fourth-order valence-corrected chi connectivity index (χ4v) is 5.68. The van der Waals surface area contributed by atoms with E-state index in [1.165, 1.54) is 11.1 Å². The van der Waals surface area contributed by atoms with Crippen molar-refractivity contribution in [1.82, 2.24) is 30.6 Å². The lowest BCUT2D eigenvalue weighted by Crippen LogP contribution is -2.41. The zero-order valence-corrected chi connectivity index (χ0v) is 35.8. The number of fused-ring (bicyclic) bond motifs is 2. The zero-order chi connectivity index (χ0) is 43.2. The molecular weight excluding hydrogens is 827 g/mol. The quantitative estimate of drug-likeness (QED) is 0.0816. The Morgan fingerprint density at radius 3 is 1.78 bits per heavy atom. The summed E-state index contributed by atoms with van der Waals surface area (Å²) in [7, 11) is 0. The molecule has 0 unspecified atom stereocenters. The van der Waals surface area contributed by atoms with E-state index in [-0.39, 0.29) is 29.6 Å². The maximum atomic E-state index is 13.2. The van der Waals surface area contributed by atoms with Gasteiger partial charge < -0.3 is 34.9 Å². The predicted molar refractivity (Wildman–Crippen MR) is 224 cm³/mol. The average Bonchev–Trinajstić information content (AvgIpc) is 3.83. The molecule has 2 aliphatic rings. The number of hydrogen-bond acceptors (Lipinski definition) is 13. The summed E-state index contributed by atoms with van der Waals surface area (Å²) in [5.41, 5.74) is 2.01. The second-order valence-electron chi connectivity index (χ2n) is 14.8. The van der Waals surface area contributed by atoms with E-state index >= 15 is 0 Å². The fourth-order valence-electron chi connectivity index (χ4n) is 5.27. The lowest BCUT2D eigenvalue weighted by atomic mass is 10.1. The largest absolute Gasteiger partial charge is 0.493 e. The molecule has 0 fully saturated rings. The number of nitrogens with one attached hydrogen (secondary N) is 3. The Morgan fingerprint density at radius 2 is 1.24 bits per heavy atom. The number of nitrogens with zero attached hydrogens (tertiary/aromatic N) is 5. The summed E-state index contributed by atoms with van der Waals surface area (Å²) >= 11 is 16.9. The van der Waals surface area contributed by atoms with Gasteiger partial charge in [-0.25, -0.2) is 29.5 Å². The molecule has 16 nitrogen and oxygen atoms in total. The molecule has 2 aliphatic heterocycles. The molecule has 2 aromatic carbocycles. The van der Waals surface area contributed by atoms with Gasteiger partial charge in [0, 0.05) is 62.5 Å². The summed E-state index contributed by atoms with van der Waals surface area (Å²) < 4.78 is 21.1. The van der Waals surface area contributed by atoms with Crippen LogP contribution in [0.15, 0.2) is 60.9 Å². The third kappa shape index (κ3) is 16.0. The molecule has 2 aromatic heterocycles. The topological polar surface area (TPSA) is 196 Å². The minimum Gasteiger partial charge on any atom is -0.493 e. The Morgan fingerprint density at radius 1 is 0.712 bits per heavy atom. The number of amides is 3. The number of aromatic nitrogens is 4. The molecule has 0 saturated heterocycles. The maximum Gasteiger partial charge on any atom is 0.407 e. The van der Waals surface area contributed by atoms with E-state index in [1.54, 1.807) is 69.4 Å². The van der Waals surface area contributed by atoms with Crippen molar-refractivity contribution in [2.45, 2.75) is 65.6 Å². The molecule has 3 N–H and O–H groups in total. The second-order valence-corrected chi connectivity index (χ2v) is 15.8. The standard InChI is InChI=1S/C20H23ClN4O4.C11H17ClN4O2.C9H7ClO2/c1-20(2,3)29-19(27)23-9-10-25(16-6-8-22-18(21)24-16)17(26)14-4-5-15-13(12-14)7-11-28-15;1-11(2,3)18-10(17)15-7-6-13-8-4-5-14-9(12)16-8;10-9(11)7-1-2-8-6(5-7)3-4-12-8/h4-6,8,12H,7,9-11H2,1-3H3,(H,23,27);4-5H,6-7H2,1-3H3,(H,15,17)(H,13,14,16);1-2,5H,3-4H2. The van der Waals surface area contributed by atoms with E-state index in [4.69, 9.17) is 53.8 Å². The van der Waals surface area contributed by atoms with Crippen LogP contribution in [-0.2, 0) is 22.3 Å². The summed E-state index contributed by atoms with van der Waals surface area (Å²) in [6.45, 7) is 13.4. The lowest BCUT2D eigenvalue weighted by Gasteiger charge is -2.23. The van der Waals surface area contributed by atoms with Gasteiger partial charge in [0.15, 0.2) is 0 Å². The van der Waals surface area contributed by atoms with Crippen molar-refractivity contribution in [2.24, 2.45) is 0 Å². The number of rotatable bonds is 10. The van der Waals surface area contributed by atoms with Gasteiger partial charge in [-0.2, -0.15) is 0 Å². The van der Waals surface area contributed by atoms with E-state index < -0.39 is 28.6 Å². The van der Waals surface area contributed by atoms with Crippen LogP contribution in [0.4, 0.5) is 21.2 Å². The summed E-state index contributed by atoms with van der Waals surface area (Å²) in [6.07, 6.45) is 3.66. The molecule has 4 heterocycles. The van der Waals surface area contributed by atoms with Crippen LogP contribution in [0.5, 0.6) is 11.5 Å². The number of halogens is 3. The van der Waals surface area contributed by atoms with Crippen molar-refractivity contribution in [3.63, 3.8) is 0 Å². The van der Waals surface area contributed by atoms with Gasteiger partial charge in [0.05, 0.1) is 13.2 Å². The van der Waals surface area contributed by atoms with Gasteiger partial charge in [0.1, 0.15) is 34.3 Å². The van der Waals surface area contributed by atoms with E-state index in [0.29, 0.717) is 49.1 Å². The predicted octanol–water partition coefficient (Wildman–Crippen LogP) is 7.30. The summed E-state index contributed by atoms with van der Waals surface area (Å²) in [5.74, 6) is 2.36. The summed E-state index contributed by atoms with van der Waals surface area (Å²) in [6, 6.07) is 13.9. The van der Waals surface area contributed by atoms with Gasteiger partial charge in [0.2, 0.25) is 10.6 Å². The molecule has 0 spiro atoms. The Hall–Kier alpha value is -5.45. The van der Waals surface area contributed by atoms with Crippen molar-refractivity contribution >= 4 is 69.8 Å². The molecule has 6 rings (SSSR count). The number of hydrogen-bond donors (Lipinski definition) is 3. The van der Waals surface area contributed by atoms with Crippen LogP contribution in [0.2, 0.25) is 10.6 Å². The zero-order valence-electron chi connectivity index (χ0n) is 33.6. The van der Waals surface area contributed by atoms with E-state index in [1.807, 2.05) is 26.8 Å². The smallest absolute Gasteiger partial charge is 0.407 e. The maximum absolute atomic E-state index is 13.2. The van der Waals surface area contributed by atoms with E-state index in [2.05, 4.69) is 35.9 Å². The van der Waals surface area contributed by atoms with Crippen LogP contribution in [0.1, 0.15) is 73.4 Å². The van der Waals surface area contributed by atoms with Gasteiger partial charge in [-0.1, -0.05) is 0 Å². The number of anilines is 2. The Kier molecular flexibility index (Phi) is 16.9. The molecular formula is C40H47Cl3N8O8. The monoisotopic (exact) mass is 872 g/mol. The highest BCUT2D eigenvalue weighted by molar-refractivity contribution is 6.67. The Bertz CT molecular complexity index is 2100. The first-order chi connectivity index (χ1) is 27.9. The van der Waals surface area contributed by atoms with Crippen LogP contribution < -0.4 is 30.3 Å². The minimum atomic E-state index is -0.605. The first-order valence-electron chi connectivity index (χ1n) is 18.5. The van der Waals surface area contributed by atoms with Crippen LogP contribution in [-0.4, -0.2) is 93.9 Å². The minimum absolute atomic E-state index is 0.0303. The molecule has 0 saturated carbocycles. The van der Waals surface area contributed by atoms with Crippen molar-refractivity contribution in [2.75, 3.05) is 49.6 Å². The van der Waals surface area contributed by atoms with Crippen LogP contribution in [0, 0.1) is 0 Å². The average molecular weight is 874 g/mol. The number of ether oxygens (including phenoxy) is 4. The third-order valence-electron chi connectivity index (χ3n) is 7.72. The molecule has 0 radical (unpaired) electrons. The SMILES string of the molecule is CC(C)(C)OC(=O)NCCN(C(=O)c1ccc2c(c1)CCO2)c1ccnc(Cl)n1.CC(C)(C)OC(=O)NCCNc1ccnc(Cl)n1.O=C(Cl)c1ccc2c(c1)CCO2. The van der Waals surface area contributed by atoms with E-state index in [9.17, 15) is 19.2 Å². The van der Waals surface area contributed by atoms with Crippen LogP contribution in [0.25, 0.3) is 0 Å². The van der Waals surface area contributed by atoms with Gasteiger partial charge in [-0.3, -0.25) is 14.5 Å². The molecule has 59 heavy (non-hydrogen) atoms. The fraction of sp³-hybridized carbons (Fsp3) is 0.400. The highest BCUT2D eigenvalue weighted by Gasteiger charge is 2.23. The number of carbonyl (C=O) groups excluding carboxylic acids is 4. The molecule has 19 heteroatoms. The molecule has 0 bridgehead atoms. The van der Waals surface area contributed by atoms with Crippen molar-refractivity contribution < 1.29 is 38.1 Å².